The summed E-state index contributed by atoms with van der Waals surface area (Å²) in [7, 11) is 0. The number of carbonyl (C=O) groups is 2. The molecule has 3 aromatic rings. The smallest absolute Gasteiger partial charge is 0.408 e. The molecule has 1 aliphatic heterocycles. The second-order valence-corrected chi connectivity index (χ2v) is 8.20. The molecule has 0 spiro atoms. The Hall–Kier alpha value is -3.49. The number of alkyl carbamates (subject to hydrolysis) is 1. The van der Waals surface area contributed by atoms with Crippen LogP contribution in [-0.4, -0.2) is 35.7 Å². The van der Waals surface area contributed by atoms with E-state index in [4.69, 9.17) is 4.74 Å². The number of fused-ring (bicyclic) bond motifs is 1. The van der Waals surface area contributed by atoms with Crippen LogP contribution in [0.3, 0.4) is 0 Å². The van der Waals surface area contributed by atoms with Gasteiger partial charge >= 0.3 is 6.09 Å². The number of halogens is 3. The highest BCUT2D eigenvalue weighted by Gasteiger charge is 2.38. The number of ether oxygens (including phenoxy) is 1. The number of hydrogen-bond acceptors (Lipinski definition) is 3. The number of benzene rings is 2. The SMILES string of the molecule is O=C(N[C@H]1CCNC1=O)O[C@H]1C[C@H](c2c(-c3ccc(F)cc3)[nH]c3c(F)cc(F)cc32)C1. The van der Waals surface area contributed by atoms with E-state index in [2.05, 4.69) is 15.6 Å². The molecule has 32 heavy (non-hydrogen) atoms. The lowest BCUT2D eigenvalue weighted by Gasteiger charge is -2.35. The highest BCUT2D eigenvalue weighted by atomic mass is 19.1. The first-order chi connectivity index (χ1) is 15.4. The van der Waals surface area contributed by atoms with E-state index in [1.54, 1.807) is 12.1 Å². The third-order valence-corrected chi connectivity index (χ3v) is 6.11. The van der Waals surface area contributed by atoms with E-state index in [1.165, 1.54) is 18.2 Å². The first-order valence-corrected chi connectivity index (χ1v) is 10.4. The number of amides is 2. The van der Waals surface area contributed by atoms with E-state index < -0.39 is 29.6 Å². The van der Waals surface area contributed by atoms with E-state index in [0.29, 0.717) is 48.0 Å². The van der Waals surface area contributed by atoms with Gasteiger partial charge in [-0.2, -0.15) is 0 Å². The van der Waals surface area contributed by atoms with Crippen LogP contribution in [0.5, 0.6) is 0 Å². The van der Waals surface area contributed by atoms with E-state index >= 15 is 0 Å². The van der Waals surface area contributed by atoms with Gasteiger partial charge in [0, 0.05) is 18.0 Å². The van der Waals surface area contributed by atoms with E-state index in [0.717, 1.165) is 6.07 Å². The third kappa shape index (κ3) is 3.68. The Bertz CT molecular complexity index is 1200. The van der Waals surface area contributed by atoms with Gasteiger partial charge in [0.25, 0.3) is 0 Å². The second kappa shape index (κ2) is 7.89. The van der Waals surface area contributed by atoms with Crippen LogP contribution in [0.4, 0.5) is 18.0 Å². The number of carbonyl (C=O) groups excluding carboxylic acids is 2. The molecule has 1 saturated heterocycles. The minimum Gasteiger partial charge on any atom is -0.446 e. The standard InChI is InChI=1S/C23H20F3N3O3/c24-13-3-1-11(2-4-13)20-19(16-9-14(25)10-17(26)21(16)29-20)12-7-15(8-12)32-23(31)28-18-5-6-27-22(18)30/h1-4,9-10,12,15,18,29H,5-8H2,(H,27,30)(H,28,31)/t12-,15-,18-/m0/s1. The zero-order valence-corrected chi connectivity index (χ0v) is 16.9. The Morgan fingerprint density at radius 2 is 1.81 bits per heavy atom. The summed E-state index contributed by atoms with van der Waals surface area (Å²) in [5, 5.41) is 5.60. The van der Waals surface area contributed by atoms with Crippen molar-refractivity contribution in [3.8, 4) is 11.3 Å². The molecule has 1 aromatic heterocycles. The molecule has 1 aliphatic carbocycles. The first kappa shape index (κ1) is 20.4. The monoisotopic (exact) mass is 443 g/mol. The number of aromatic nitrogens is 1. The Kier molecular flexibility index (Phi) is 5.03. The van der Waals surface area contributed by atoms with Gasteiger partial charge in [0.1, 0.15) is 29.6 Å². The molecule has 1 saturated carbocycles. The predicted octanol–water partition coefficient (Wildman–Crippen LogP) is 4.11. The van der Waals surface area contributed by atoms with Crippen molar-refractivity contribution in [1.29, 1.82) is 0 Å². The summed E-state index contributed by atoms with van der Waals surface area (Å²) < 4.78 is 47.2. The molecule has 6 nitrogen and oxygen atoms in total. The second-order valence-electron chi connectivity index (χ2n) is 8.20. The molecule has 166 valence electrons. The minimum absolute atomic E-state index is 0.113. The fourth-order valence-electron chi connectivity index (χ4n) is 4.47. The van der Waals surface area contributed by atoms with Gasteiger partial charge in [-0.05, 0) is 66.6 Å². The third-order valence-electron chi connectivity index (χ3n) is 6.11. The van der Waals surface area contributed by atoms with Gasteiger partial charge in [0.2, 0.25) is 5.91 Å². The fraction of sp³-hybridized carbons (Fsp3) is 0.304. The quantitative estimate of drug-likeness (QED) is 0.568. The lowest BCUT2D eigenvalue weighted by Crippen LogP contribution is -2.43. The predicted molar refractivity (Wildman–Crippen MR) is 110 cm³/mol. The van der Waals surface area contributed by atoms with Crippen molar-refractivity contribution in [2.45, 2.75) is 37.3 Å². The highest BCUT2D eigenvalue weighted by Crippen LogP contribution is 2.46. The van der Waals surface area contributed by atoms with Crippen LogP contribution in [-0.2, 0) is 9.53 Å². The van der Waals surface area contributed by atoms with Gasteiger partial charge in [-0.15, -0.1) is 0 Å². The van der Waals surface area contributed by atoms with Crippen molar-refractivity contribution in [3.63, 3.8) is 0 Å². The van der Waals surface area contributed by atoms with Crippen LogP contribution in [0.25, 0.3) is 22.2 Å². The van der Waals surface area contributed by atoms with Crippen LogP contribution in [0.15, 0.2) is 36.4 Å². The van der Waals surface area contributed by atoms with Crippen LogP contribution in [0.1, 0.15) is 30.7 Å². The summed E-state index contributed by atoms with van der Waals surface area (Å²) in [6, 6.07) is 7.25. The van der Waals surface area contributed by atoms with Crippen molar-refractivity contribution in [2.24, 2.45) is 0 Å². The average Bonchev–Trinajstić information content (AvgIpc) is 3.29. The molecule has 5 rings (SSSR count). The van der Waals surface area contributed by atoms with Crippen molar-refractivity contribution in [1.82, 2.24) is 15.6 Å². The Morgan fingerprint density at radius 3 is 2.50 bits per heavy atom. The Balaban J connectivity index is 1.38. The first-order valence-electron chi connectivity index (χ1n) is 10.4. The number of aromatic amines is 1. The van der Waals surface area contributed by atoms with Gasteiger partial charge in [-0.1, -0.05) is 0 Å². The van der Waals surface area contributed by atoms with Gasteiger partial charge < -0.3 is 20.4 Å². The van der Waals surface area contributed by atoms with Crippen molar-refractivity contribution >= 4 is 22.9 Å². The van der Waals surface area contributed by atoms with Crippen molar-refractivity contribution in [2.75, 3.05) is 6.54 Å². The normalized spacial score (nSPS) is 22.5. The zero-order valence-electron chi connectivity index (χ0n) is 16.9. The van der Waals surface area contributed by atoms with E-state index in [1.807, 2.05) is 0 Å². The number of nitrogens with one attached hydrogen (secondary N) is 3. The molecule has 9 heteroatoms. The zero-order chi connectivity index (χ0) is 22.4. The maximum Gasteiger partial charge on any atom is 0.408 e. The molecular weight excluding hydrogens is 423 g/mol. The molecule has 2 heterocycles. The van der Waals surface area contributed by atoms with Gasteiger partial charge in [-0.3, -0.25) is 4.79 Å². The molecule has 2 aliphatic rings. The van der Waals surface area contributed by atoms with Crippen LogP contribution < -0.4 is 10.6 Å². The van der Waals surface area contributed by atoms with Crippen LogP contribution >= 0.6 is 0 Å². The fourth-order valence-corrected chi connectivity index (χ4v) is 4.47. The lowest BCUT2D eigenvalue weighted by atomic mass is 9.75. The molecule has 1 atom stereocenters. The average molecular weight is 443 g/mol. The van der Waals surface area contributed by atoms with Gasteiger partial charge in [-0.25, -0.2) is 18.0 Å². The Morgan fingerprint density at radius 1 is 1.06 bits per heavy atom. The topological polar surface area (TPSA) is 83.2 Å². The summed E-state index contributed by atoms with van der Waals surface area (Å²) in [5.74, 6) is -2.15. The largest absolute Gasteiger partial charge is 0.446 e. The van der Waals surface area contributed by atoms with Crippen LogP contribution in [0, 0.1) is 17.5 Å². The number of hydrogen-bond donors (Lipinski definition) is 3. The molecule has 0 unspecified atom stereocenters. The summed E-state index contributed by atoms with van der Waals surface area (Å²) >= 11 is 0. The highest BCUT2D eigenvalue weighted by molar-refractivity contribution is 5.92. The number of H-pyrrole nitrogens is 1. The maximum atomic E-state index is 14.4. The van der Waals surface area contributed by atoms with Crippen molar-refractivity contribution < 1.29 is 27.5 Å². The van der Waals surface area contributed by atoms with Crippen molar-refractivity contribution in [3.05, 3.63) is 59.4 Å². The minimum atomic E-state index is -0.712. The summed E-state index contributed by atoms with van der Waals surface area (Å²) in [4.78, 5) is 26.7. The van der Waals surface area contributed by atoms with Gasteiger partial charge in [0.15, 0.2) is 0 Å². The van der Waals surface area contributed by atoms with Gasteiger partial charge in [0.05, 0.1) is 11.2 Å². The molecule has 2 fully saturated rings. The summed E-state index contributed by atoms with van der Waals surface area (Å²) in [5.41, 5.74) is 2.11. The van der Waals surface area contributed by atoms with Crippen LogP contribution in [0.2, 0.25) is 0 Å². The lowest BCUT2D eigenvalue weighted by molar-refractivity contribution is -0.120. The number of rotatable bonds is 4. The molecule has 3 N–H and O–H groups in total. The van der Waals surface area contributed by atoms with E-state index in [-0.39, 0.29) is 23.4 Å². The maximum absolute atomic E-state index is 14.4. The molecular formula is C23H20F3N3O3. The molecule has 2 amide bonds. The summed E-state index contributed by atoms with van der Waals surface area (Å²) in [6.45, 7) is 0.509. The molecule has 0 bridgehead atoms. The molecule has 2 aromatic carbocycles. The summed E-state index contributed by atoms with van der Waals surface area (Å²) in [6.07, 6.45) is 0.390. The van der Waals surface area contributed by atoms with E-state index in [9.17, 15) is 22.8 Å². The molecule has 0 radical (unpaired) electrons. The Labute approximate surface area is 181 Å².